The second kappa shape index (κ2) is 3.64. The molecule has 0 aliphatic heterocycles. The summed E-state index contributed by atoms with van der Waals surface area (Å²) in [6.45, 7) is 0.171. The number of halogens is 3. The molecular formula is C8H14F3N. The van der Waals surface area contributed by atoms with Gasteiger partial charge in [0.1, 0.15) is 0 Å². The van der Waals surface area contributed by atoms with Crippen molar-refractivity contribution in [1.29, 1.82) is 0 Å². The van der Waals surface area contributed by atoms with Crippen molar-refractivity contribution in [1.82, 2.24) is 0 Å². The maximum atomic E-state index is 12.3. The zero-order valence-corrected chi connectivity index (χ0v) is 6.90. The highest BCUT2D eigenvalue weighted by molar-refractivity contribution is 4.80. The minimum atomic E-state index is -4.04. The van der Waals surface area contributed by atoms with E-state index in [1.54, 1.807) is 0 Å². The smallest absolute Gasteiger partial charge is 0.330 e. The van der Waals surface area contributed by atoms with Crippen LogP contribution in [0.5, 0.6) is 0 Å². The van der Waals surface area contributed by atoms with E-state index in [0.29, 0.717) is 12.8 Å². The van der Waals surface area contributed by atoms with Gasteiger partial charge in [0.25, 0.3) is 0 Å². The summed E-state index contributed by atoms with van der Waals surface area (Å²) in [5, 5.41) is 0. The fraction of sp³-hybridized carbons (Fsp3) is 1.00. The van der Waals surface area contributed by atoms with Gasteiger partial charge in [-0.3, -0.25) is 0 Å². The van der Waals surface area contributed by atoms with Crippen LogP contribution in [-0.4, -0.2) is 12.7 Å². The molecule has 1 aliphatic rings. The molecule has 0 spiro atoms. The van der Waals surface area contributed by atoms with Crippen LogP contribution in [0.2, 0.25) is 0 Å². The lowest BCUT2D eigenvalue weighted by Gasteiger charge is -2.31. The van der Waals surface area contributed by atoms with Crippen molar-refractivity contribution < 1.29 is 13.2 Å². The van der Waals surface area contributed by atoms with E-state index in [-0.39, 0.29) is 18.9 Å². The standard InChI is InChI=1S/C8H14F3N/c9-8(10,11)7-4-2-1-3-6(7)5-12/h6-7H,1-5,12H2/t6-,7-/m1/s1. The van der Waals surface area contributed by atoms with E-state index in [9.17, 15) is 13.2 Å². The quantitative estimate of drug-likeness (QED) is 0.660. The molecule has 1 saturated carbocycles. The fourth-order valence-electron chi connectivity index (χ4n) is 1.92. The highest BCUT2D eigenvalue weighted by Gasteiger charge is 2.44. The Morgan fingerprint density at radius 2 is 1.75 bits per heavy atom. The van der Waals surface area contributed by atoms with E-state index in [4.69, 9.17) is 5.73 Å². The predicted octanol–water partition coefficient (Wildman–Crippen LogP) is 2.31. The van der Waals surface area contributed by atoms with Gasteiger partial charge in [-0.2, -0.15) is 13.2 Å². The summed E-state index contributed by atoms with van der Waals surface area (Å²) in [7, 11) is 0. The Balaban J connectivity index is 2.59. The minimum absolute atomic E-state index is 0.171. The second-order valence-electron chi connectivity index (χ2n) is 3.43. The topological polar surface area (TPSA) is 26.0 Å². The molecule has 0 amide bonds. The van der Waals surface area contributed by atoms with Crippen LogP contribution in [0.25, 0.3) is 0 Å². The van der Waals surface area contributed by atoms with Crippen LogP contribution < -0.4 is 5.73 Å². The molecule has 0 aromatic heterocycles. The molecule has 4 heteroatoms. The van der Waals surface area contributed by atoms with Gasteiger partial charge >= 0.3 is 6.18 Å². The first-order chi connectivity index (χ1) is 5.55. The molecule has 2 N–H and O–H groups in total. The van der Waals surface area contributed by atoms with Crippen LogP contribution in [0.4, 0.5) is 13.2 Å². The first-order valence-electron chi connectivity index (χ1n) is 4.32. The third kappa shape index (κ3) is 2.12. The zero-order valence-electron chi connectivity index (χ0n) is 6.90. The molecule has 0 unspecified atom stereocenters. The van der Waals surface area contributed by atoms with Crippen LogP contribution >= 0.6 is 0 Å². The van der Waals surface area contributed by atoms with Gasteiger partial charge in [-0.05, 0) is 25.3 Å². The van der Waals surface area contributed by atoms with Crippen molar-refractivity contribution in [3.8, 4) is 0 Å². The second-order valence-corrected chi connectivity index (χ2v) is 3.43. The summed E-state index contributed by atoms with van der Waals surface area (Å²) < 4.78 is 37.0. The van der Waals surface area contributed by atoms with Crippen molar-refractivity contribution >= 4 is 0 Å². The van der Waals surface area contributed by atoms with Crippen molar-refractivity contribution in [2.24, 2.45) is 17.6 Å². The van der Waals surface area contributed by atoms with Gasteiger partial charge in [0, 0.05) is 0 Å². The van der Waals surface area contributed by atoms with Crippen molar-refractivity contribution in [2.45, 2.75) is 31.9 Å². The molecule has 72 valence electrons. The van der Waals surface area contributed by atoms with E-state index in [1.807, 2.05) is 0 Å². The SMILES string of the molecule is NC[C@H]1CCCC[C@H]1C(F)(F)F. The first-order valence-corrected chi connectivity index (χ1v) is 4.32. The van der Waals surface area contributed by atoms with Crippen LogP contribution in [-0.2, 0) is 0 Å². The van der Waals surface area contributed by atoms with Gasteiger partial charge in [0.05, 0.1) is 5.92 Å². The molecule has 1 rings (SSSR count). The molecule has 0 radical (unpaired) electrons. The average Bonchev–Trinajstić information content (AvgIpc) is 2.03. The Morgan fingerprint density at radius 1 is 1.17 bits per heavy atom. The molecule has 2 atom stereocenters. The lowest BCUT2D eigenvalue weighted by atomic mass is 9.79. The van der Waals surface area contributed by atoms with E-state index in [1.165, 1.54) is 0 Å². The number of nitrogens with two attached hydrogens (primary N) is 1. The van der Waals surface area contributed by atoms with Crippen LogP contribution in [0.3, 0.4) is 0 Å². The van der Waals surface area contributed by atoms with Gasteiger partial charge in [-0.1, -0.05) is 12.8 Å². The summed E-state index contributed by atoms with van der Waals surface area (Å²) in [6, 6.07) is 0. The van der Waals surface area contributed by atoms with Crippen molar-refractivity contribution in [3.05, 3.63) is 0 Å². The number of hydrogen-bond donors (Lipinski definition) is 1. The molecule has 1 nitrogen and oxygen atoms in total. The van der Waals surface area contributed by atoms with E-state index in [0.717, 1.165) is 6.42 Å². The lowest BCUT2D eigenvalue weighted by molar-refractivity contribution is -0.195. The fourth-order valence-corrected chi connectivity index (χ4v) is 1.92. The molecule has 0 bridgehead atoms. The molecule has 1 aliphatic carbocycles. The normalized spacial score (nSPS) is 32.0. The average molecular weight is 181 g/mol. The highest BCUT2D eigenvalue weighted by atomic mass is 19.4. The van der Waals surface area contributed by atoms with E-state index < -0.39 is 12.1 Å². The highest BCUT2D eigenvalue weighted by Crippen LogP contribution is 2.40. The third-order valence-corrected chi connectivity index (χ3v) is 2.63. The summed E-state index contributed by atoms with van der Waals surface area (Å²) in [4.78, 5) is 0. The van der Waals surface area contributed by atoms with E-state index >= 15 is 0 Å². The molecule has 0 heterocycles. The Morgan fingerprint density at radius 3 is 2.17 bits per heavy atom. The third-order valence-electron chi connectivity index (χ3n) is 2.63. The maximum Gasteiger partial charge on any atom is 0.392 e. The van der Waals surface area contributed by atoms with Gasteiger partial charge in [0.15, 0.2) is 0 Å². The van der Waals surface area contributed by atoms with E-state index in [2.05, 4.69) is 0 Å². The molecule has 1 fully saturated rings. The summed E-state index contributed by atoms with van der Waals surface area (Å²) in [5.41, 5.74) is 5.29. The molecule has 12 heavy (non-hydrogen) atoms. The largest absolute Gasteiger partial charge is 0.392 e. The van der Waals surface area contributed by atoms with Gasteiger partial charge in [-0.15, -0.1) is 0 Å². The summed E-state index contributed by atoms with van der Waals surface area (Å²) in [5.74, 6) is -1.48. The Hall–Kier alpha value is -0.250. The molecule has 0 aromatic rings. The molecule has 0 aromatic carbocycles. The van der Waals surface area contributed by atoms with Gasteiger partial charge in [0.2, 0.25) is 0 Å². The Kier molecular flexibility index (Phi) is 2.99. The minimum Gasteiger partial charge on any atom is -0.330 e. The first kappa shape index (κ1) is 9.84. The van der Waals surface area contributed by atoms with Gasteiger partial charge in [-0.25, -0.2) is 0 Å². The molecule has 0 saturated heterocycles. The summed E-state index contributed by atoms with van der Waals surface area (Å²) in [6.07, 6.45) is -1.54. The molecular weight excluding hydrogens is 167 g/mol. The van der Waals surface area contributed by atoms with Crippen LogP contribution in [0, 0.1) is 11.8 Å². The number of alkyl halides is 3. The summed E-state index contributed by atoms with van der Waals surface area (Å²) >= 11 is 0. The van der Waals surface area contributed by atoms with Crippen molar-refractivity contribution in [3.63, 3.8) is 0 Å². The zero-order chi connectivity index (χ0) is 9.19. The monoisotopic (exact) mass is 181 g/mol. The number of rotatable bonds is 1. The Bertz CT molecular complexity index is 144. The van der Waals surface area contributed by atoms with Crippen molar-refractivity contribution in [2.75, 3.05) is 6.54 Å². The van der Waals surface area contributed by atoms with Crippen LogP contribution in [0.1, 0.15) is 25.7 Å². The lowest BCUT2D eigenvalue weighted by Crippen LogP contribution is -2.36. The Labute approximate surface area is 70.1 Å². The van der Waals surface area contributed by atoms with Gasteiger partial charge < -0.3 is 5.73 Å². The van der Waals surface area contributed by atoms with Crippen LogP contribution in [0.15, 0.2) is 0 Å². The predicted molar refractivity (Wildman–Crippen MR) is 40.6 cm³/mol. The maximum absolute atomic E-state index is 12.3. The number of hydrogen-bond acceptors (Lipinski definition) is 1.